The van der Waals surface area contributed by atoms with Crippen molar-refractivity contribution < 1.29 is 19.1 Å². The number of nitrogens with zero attached hydrogens (tertiary/aromatic N) is 2. The van der Waals surface area contributed by atoms with Gasteiger partial charge in [0.15, 0.2) is 0 Å². The topological polar surface area (TPSA) is 59.1 Å². The van der Waals surface area contributed by atoms with Crippen molar-refractivity contribution in [3.8, 4) is 11.5 Å². The van der Waals surface area contributed by atoms with Crippen LogP contribution in [0.2, 0.25) is 0 Å². The molecule has 0 spiro atoms. The van der Waals surface area contributed by atoms with Crippen LogP contribution in [-0.4, -0.2) is 46.9 Å². The molecule has 0 saturated carbocycles. The van der Waals surface area contributed by atoms with Crippen LogP contribution in [0.1, 0.15) is 23.2 Å². The van der Waals surface area contributed by atoms with Crippen molar-refractivity contribution in [1.29, 1.82) is 0 Å². The summed E-state index contributed by atoms with van der Waals surface area (Å²) in [5, 5.41) is 0. The third-order valence-electron chi connectivity index (χ3n) is 7.17. The molecular weight excluding hydrogens is 476 g/mol. The predicted molar refractivity (Wildman–Crippen MR) is 144 cm³/mol. The molecular formula is C32H28N2O4. The van der Waals surface area contributed by atoms with E-state index in [0.717, 1.165) is 11.1 Å². The summed E-state index contributed by atoms with van der Waals surface area (Å²) in [5.41, 5.74) is 2.01. The van der Waals surface area contributed by atoms with E-state index in [2.05, 4.69) is 0 Å². The minimum absolute atomic E-state index is 0.0796. The van der Waals surface area contributed by atoms with Crippen LogP contribution in [0, 0.1) is 0 Å². The highest BCUT2D eigenvalue weighted by atomic mass is 16.5. The fourth-order valence-electron chi connectivity index (χ4n) is 5.28. The van der Waals surface area contributed by atoms with Gasteiger partial charge in [-0.25, -0.2) is 0 Å². The zero-order valence-electron chi connectivity index (χ0n) is 20.8. The number of carbonyl (C=O) groups is 2. The van der Waals surface area contributed by atoms with Crippen LogP contribution < -0.4 is 9.47 Å². The maximum Gasteiger partial charge on any atom is 0.266 e. The van der Waals surface area contributed by atoms with Gasteiger partial charge in [-0.3, -0.25) is 9.59 Å². The molecule has 0 unspecified atom stereocenters. The SMILES string of the molecule is O=C1[C@@H](Oc2ccccc2)[C@@H](c2ccccc2)N1CCN1C(=O)[C@H](Oc2ccccc2)[C@@H]1c1ccccc1. The number of para-hydroxylation sites is 2. The van der Waals surface area contributed by atoms with Crippen molar-refractivity contribution in [3.05, 3.63) is 132 Å². The van der Waals surface area contributed by atoms with Gasteiger partial charge in [-0.15, -0.1) is 0 Å². The van der Waals surface area contributed by atoms with Gasteiger partial charge in [-0.1, -0.05) is 97.1 Å². The van der Waals surface area contributed by atoms with Crippen LogP contribution in [0.5, 0.6) is 11.5 Å². The van der Waals surface area contributed by atoms with Gasteiger partial charge in [0.25, 0.3) is 11.8 Å². The Morgan fingerprint density at radius 1 is 0.474 bits per heavy atom. The summed E-state index contributed by atoms with van der Waals surface area (Å²) in [7, 11) is 0. The lowest BCUT2D eigenvalue weighted by molar-refractivity contribution is -0.172. The van der Waals surface area contributed by atoms with Crippen molar-refractivity contribution in [2.45, 2.75) is 24.3 Å². The average molecular weight is 505 g/mol. The zero-order chi connectivity index (χ0) is 25.9. The summed E-state index contributed by atoms with van der Waals surface area (Å²) < 4.78 is 12.2. The molecule has 0 bridgehead atoms. The average Bonchev–Trinajstić information content (AvgIpc) is 2.98. The van der Waals surface area contributed by atoms with E-state index in [0.29, 0.717) is 24.6 Å². The molecule has 38 heavy (non-hydrogen) atoms. The monoisotopic (exact) mass is 504 g/mol. The van der Waals surface area contributed by atoms with E-state index in [1.54, 1.807) is 0 Å². The van der Waals surface area contributed by atoms with Crippen LogP contribution >= 0.6 is 0 Å². The van der Waals surface area contributed by atoms with E-state index in [-0.39, 0.29) is 23.9 Å². The number of likely N-dealkylation sites (tertiary alicyclic amines) is 2. The molecule has 2 aliphatic heterocycles. The molecule has 6 heteroatoms. The molecule has 2 heterocycles. The van der Waals surface area contributed by atoms with Gasteiger partial charge in [0.05, 0.1) is 0 Å². The first kappa shape index (κ1) is 23.8. The lowest BCUT2D eigenvalue weighted by atomic mass is 9.88. The minimum atomic E-state index is -0.606. The summed E-state index contributed by atoms with van der Waals surface area (Å²) in [4.78, 5) is 30.2. The summed E-state index contributed by atoms with van der Waals surface area (Å²) >= 11 is 0. The molecule has 2 amide bonds. The molecule has 2 aliphatic rings. The van der Waals surface area contributed by atoms with Crippen LogP contribution in [0.4, 0.5) is 0 Å². The maximum atomic E-state index is 13.3. The van der Waals surface area contributed by atoms with Crippen LogP contribution in [0.25, 0.3) is 0 Å². The van der Waals surface area contributed by atoms with Gasteiger partial charge in [0.1, 0.15) is 23.6 Å². The van der Waals surface area contributed by atoms with E-state index in [1.165, 1.54) is 0 Å². The number of carbonyl (C=O) groups excluding carboxylic acids is 2. The van der Waals surface area contributed by atoms with Crippen LogP contribution in [0.15, 0.2) is 121 Å². The first-order valence-corrected chi connectivity index (χ1v) is 12.8. The predicted octanol–water partition coefficient (Wildman–Crippen LogP) is 5.05. The van der Waals surface area contributed by atoms with Crippen molar-refractivity contribution in [1.82, 2.24) is 9.80 Å². The van der Waals surface area contributed by atoms with Crippen molar-refractivity contribution in [2.75, 3.05) is 13.1 Å². The second-order valence-electron chi connectivity index (χ2n) is 9.48. The molecule has 190 valence electrons. The molecule has 2 saturated heterocycles. The highest BCUT2D eigenvalue weighted by Gasteiger charge is 2.53. The minimum Gasteiger partial charge on any atom is -0.478 e. The number of β-lactam (4-membered cyclic amide) rings is 2. The Balaban J connectivity index is 1.20. The number of amides is 2. The first-order valence-electron chi connectivity index (χ1n) is 12.8. The van der Waals surface area contributed by atoms with Crippen molar-refractivity contribution in [2.24, 2.45) is 0 Å². The number of hydrogen-bond donors (Lipinski definition) is 0. The Hall–Kier alpha value is -4.58. The third kappa shape index (κ3) is 4.50. The van der Waals surface area contributed by atoms with E-state index < -0.39 is 12.2 Å². The zero-order valence-corrected chi connectivity index (χ0v) is 20.8. The Labute approximate surface area is 222 Å². The van der Waals surface area contributed by atoms with Gasteiger partial charge >= 0.3 is 0 Å². The Kier molecular flexibility index (Phi) is 6.53. The highest BCUT2D eigenvalue weighted by Crippen LogP contribution is 2.40. The third-order valence-corrected chi connectivity index (χ3v) is 7.17. The number of hydrogen-bond acceptors (Lipinski definition) is 4. The molecule has 0 N–H and O–H groups in total. The van der Waals surface area contributed by atoms with Crippen LogP contribution in [-0.2, 0) is 9.59 Å². The van der Waals surface area contributed by atoms with Gasteiger partial charge in [0, 0.05) is 13.1 Å². The molecule has 0 radical (unpaired) electrons. The molecule has 0 aromatic heterocycles. The van der Waals surface area contributed by atoms with Gasteiger partial charge < -0.3 is 19.3 Å². The maximum absolute atomic E-state index is 13.3. The lowest BCUT2D eigenvalue weighted by Crippen LogP contribution is -2.66. The summed E-state index contributed by atoms with van der Waals surface area (Å²) in [6.07, 6.45) is -1.21. The van der Waals surface area contributed by atoms with E-state index >= 15 is 0 Å². The molecule has 2 fully saturated rings. The van der Waals surface area contributed by atoms with Crippen LogP contribution in [0.3, 0.4) is 0 Å². The molecule has 0 aliphatic carbocycles. The second kappa shape index (κ2) is 10.4. The van der Waals surface area contributed by atoms with E-state index in [9.17, 15) is 9.59 Å². The highest BCUT2D eigenvalue weighted by molar-refractivity contribution is 5.90. The lowest BCUT2D eigenvalue weighted by Gasteiger charge is -2.50. The first-order chi connectivity index (χ1) is 18.7. The molecule has 6 rings (SSSR count). The Morgan fingerprint density at radius 2 is 0.789 bits per heavy atom. The molecule has 4 aromatic rings. The van der Waals surface area contributed by atoms with Gasteiger partial charge in [0.2, 0.25) is 12.2 Å². The van der Waals surface area contributed by atoms with E-state index in [4.69, 9.17) is 9.47 Å². The van der Waals surface area contributed by atoms with Gasteiger partial charge in [-0.2, -0.15) is 0 Å². The molecule has 6 nitrogen and oxygen atoms in total. The quantitative estimate of drug-likeness (QED) is 0.300. The fourth-order valence-corrected chi connectivity index (χ4v) is 5.28. The summed E-state index contributed by atoms with van der Waals surface area (Å²) in [6, 6.07) is 38.2. The van der Waals surface area contributed by atoms with Crippen molar-refractivity contribution >= 4 is 11.8 Å². The van der Waals surface area contributed by atoms with E-state index in [1.807, 2.05) is 131 Å². The smallest absolute Gasteiger partial charge is 0.266 e. The summed E-state index contributed by atoms with van der Waals surface area (Å²) in [5.74, 6) is 1.16. The second-order valence-corrected chi connectivity index (χ2v) is 9.48. The fraction of sp³-hybridized carbons (Fsp3) is 0.188. The molecule has 4 atom stereocenters. The Bertz CT molecular complexity index is 1270. The standard InChI is InChI=1S/C32H28N2O4/c35-31-29(37-25-17-9-3-10-18-25)27(23-13-5-1-6-14-23)33(31)21-22-34-28(24-15-7-2-8-16-24)30(32(34)36)38-26-19-11-4-12-20-26/h1-20,27-30H,21-22H2/t27-,28+,29+,30-. The number of benzene rings is 4. The molecule has 4 aromatic carbocycles. The Morgan fingerprint density at radius 3 is 1.13 bits per heavy atom. The number of rotatable bonds is 9. The largest absolute Gasteiger partial charge is 0.478 e. The summed E-state index contributed by atoms with van der Waals surface area (Å²) in [6.45, 7) is 0.806. The number of ether oxygens (including phenoxy) is 2. The van der Waals surface area contributed by atoms with Crippen molar-refractivity contribution in [3.63, 3.8) is 0 Å². The normalized spacial score (nSPS) is 22.4. The van der Waals surface area contributed by atoms with Gasteiger partial charge in [-0.05, 0) is 35.4 Å².